The molecule has 0 atom stereocenters. The fourth-order valence-electron chi connectivity index (χ4n) is 2.63. The van der Waals surface area contributed by atoms with Crippen molar-refractivity contribution in [1.82, 2.24) is 9.97 Å². The number of aryl methyl sites for hydroxylation is 2. The van der Waals surface area contributed by atoms with E-state index < -0.39 is 0 Å². The van der Waals surface area contributed by atoms with Gasteiger partial charge in [-0.3, -0.25) is 0 Å². The molecule has 0 saturated carbocycles. The molecular weight excluding hydrogens is 314 g/mol. The highest BCUT2D eigenvalue weighted by Gasteiger charge is 2.07. The Balaban J connectivity index is 1.61. The van der Waals surface area contributed by atoms with Crippen molar-refractivity contribution in [2.24, 2.45) is 0 Å². The summed E-state index contributed by atoms with van der Waals surface area (Å²) in [6.45, 7) is 4.25. The first-order chi connectivity index (χ1) is 11.7. The lowest BCUT2D eigenvalue weighted by Gasteiger charge is -2.04. The number of fused-ring (bicyclic) bond motifs is 1. The molecule has 2 heterocycles. The summed E-state index contributed by atoms with van der Waals surface area (Å²) in [5, 5.41) is 8.54. The summed E-state index contributed by atoms with van der Waals surface area (Å²) >= 11 is 1.59. The number of nitrogens with zero attached hydrogens (tertiary/aromatic N) is 2. The van der Waals surface area contributed by atoms with Crippen molar-refractivity contribution in [3.05, 3.63) is 71.2 Å². The Morgan fingerprint density at radius 3 is 2.58 bits per heavy atom. The molecule has 118 valence electrons. The molecular formula is C20H17N3S. The fraction of sp³-hybridized carbons (Fsp3) is 0.100. The molecule has 1 N–H and O–H groups in total. The maximum Gasteiger partial charge on any atom is 0.188 e. The van der Waals surface area contributed by atoms with Crippen LogP contribution in [0.1, 0.15) is 11.1 Å². The number of nitrogens with one attached hydrogen (secondary N) is 1. The standard InChI is InChI=1S/C20H17N3S/c1-13-7-8-16(9-14(13)2)18-12-24-20(22-18)23-19-10-15-5-3-4-6-17(15)11-21-19/h3-12H,1-2H3,(H,21,22,23). The topological polar surface area (TPSA) is 37.8 Å². The van der Waals surface area contributed by atoms with Crippen LogP contribution in [-0.2, 0) is 0 Å². The maximum atomic E-state index is 4.69. The van der Waals surface area contributed by atoms with Gasteiger partial charge in [-0.15, -0.1) is 11.3 Å². The van der Waals surface area contributed by atoms with Crippen LogP contribution in [-0.4, -0.2) is 9.97 Å². The number of hydrogen-bond donors (Lipinski definition) is 1. The normalized spacial score (nSPS) is 10.9. The van der Waals surface area contributed by atoms with Gasteiger partial charge in [0.15, 0.2) is 5.13 Å². The lowest BCUT2D eigenvalue weighted by Crippen LogP contribution is -1.93. The number of pyridine rings is 1. The molecule has 0 bridgehead atoms. The summed E-state index contributed by atoms with van der Waals surface area (Å²) in [6.07, 6.45) is 1.88. The summed E-state index contributed by atoms with van der Waals surface area (Å²) in [5.41, 5.74) is 4.72. The van der Waals surface area contributed by atoms with Crippen molar-refractivity contribution in [3.8, 4) is 11.3 Å². The number of anilines is 2. The van der Waals surface area contributed by atoms with Crippen molar-refractivity contribution in [1.29, 1.82) is 0 Å². The zero-order valence-corrected chi connectivity index (χ0v) is 14.4. The molecule has 0 aliphatic carbocycles. The first-order valence-corrected chi connectivity index (χ1v) is 8.72. The fourth-order valence-corrected chi connectivity index (χ4v) is 3.35. The third-order valence-corrected chi connectivity index (χ3v) is 4.93. The van der Waals surface area contributed by atoms with E-state index in [4.69, 9.17) is 4.98 Å². The molecule has 0 spiro atoms. The highest BCUT2D eigenvalue weighted by Crippen LogP contribution is 2.28. The molecule has 0 saturated heterocycles. The van der Waals surface area contributed by atoms with Crippen LogP contribution in [0.4, 0.5) is 10.9 Å². The van der Waals surface area contributed by atoms with Gasteiger partial charge < -0.3 is 5.32 Å². The molecule has 0 aliphatic heterocycles. The highest BCUT2D eigenvalue weighted by molar-refractivity contribution is 7.14. The van der Waals surface area contributed by atoms with Gasteiger partial charge in [0.1, 0.15) is 5.82 Å². The largest absolute Gasteiger partial charge is 0.316 e. The summed E-state index contributed by atoms with van der Waals surface area (Å²) in [5.74, 6) is 0.815. The van der Waals surface area contributed by atoms with E-state index in [-0.39, 0.29) is 0 Å². The first-order valence-electron chi connectivity index (χ1n) is 7.84. The summed E-state index contributed by atoms with van der Waals surface area (Å²) < 4.78 is 0. The summed E-state index contributed by atoms with van der Waals surface area (Å²) in [7, 11) is 0. The third kappa shape index (κ3) is 2.88. The van der Waals surface area contributed by atoms with Crippen LogP contribution < -0.4 is 5.32 Å². The van der Waals surface area contributed by atoms with Crippen molar-refractivity contribution < 1.29 is 0 Å². The smallest absolute Gasteiger partial charge is 0.188 e. The minimum absolute atomic E-state index is 0.815. The predicted molar refractivity (Wildman–Crippen MR) is 102 cm³/mol. The zero-order valence-electron chi connectivity index (χ0n) is 13.6. The average Bonchev–Trinajstić information content (AvgIpc) is 3.06. The Kier molecular flexibility index (Phi) is 3.75. The van der Waals surface area contributed by atoms with E-state index in [0.29, 0.717) is 0 Å². The van der Waals surface area contributed by atoms with Crippen LogP contribution in [0.3, 0.4) is 0 Å². The van der Waals surface area contributed by atoms with E-state index >= 15 is 0 Å². The van der Waals surface area contributed by atoms with E-state index in [2.05, 4.69) is 59.9 Å². The van der Waals surface area contributed by atoms with Crippen LogP contribution in [0, 0.1) is 13.8 Å². The van der Waals surface area contributed by atoms with Gasteiger partial charge >= 0.3 is 0 Å². The van der Waals surface area contributed by atoms with Crippen molar-refractivity contribution >= 4 is 33.1 Å². The molecule has 4 aromatic rings. The van der Waals surface area contributed by atoms with Crippen molar-refractivity contribution in [2.75, 3.05) is 5.32 Å². The highest BCUT2D eigenvalue weighted by atomic mass is 32.1. The quantitative estimate of drug-likeness (QED) is 0.522. The molecule has 4 heteroatoms. The van der Waals surface area contributed by atoms with Crippen LogP contribution in [0.15, 0.2) is 60.1 Å². The van der Waals surface area contributed by atoms with E-state index in [1.165, 1.54) is 16.5 Å². The molecule has 0 unspecified atom stereocenters. The van der Waals surface area contributed by atoms with Gasteiger partial charge in [-0.25, -0.2) is 9.97 Å². The number of rotatable bonds is 3. The summed E-state index contributed by atoms with van der Waals surface area (Å²) in [6, 6.07) is 16.7. The van der Waals surface area contributed by atoms with Crippen LogP contribution >= 0.6 is 11.3 Å². The molecule has 0 fully saturated rings. The second kappa shape index (κ2) is 6.06. The van der Waals surface area contributed by atoms with E-state index in [0.717, 1.165) is 27.6 Å². The van der Waals surface area contributed by atoms with Crippen LogP contribution in [0.2, 0.25) is 0 Å². The van der Waals surface area contributed by atoms with Gasteiger partial charge in [0.25, 0.3) is 0 Å². The summed E-state index contributed by atoms with van der Waals surface area (Å²) in [4.78, 5) is 9.16. The second-order valence-corrected chi connectivity index (χ2v) is 6.74. The molecule has 0 radical (unpaired) electrons. The monoisotopic (exact) mass is 331 g/mol. The van der Waals surface area contributed by atoms with Gasteiger partial charge in [0.05, 0.1) is 5.69 Å². The SMILES string of the molecule is Cc1ccc(-c2csc(Nc3cc4ccccc4cn3)n2)cc1C. The Bertz CT molecular complexity index is 1020. The lowest BCUT2D eigenvalue weighted by atomic mass is 10.1. The van der Waals surface area contributed by atoms with Gasteiger partial charge in [-0.2, -0.15) is 0 Å². The van der Waals surface area contributed by atoms with Gasteiger partial charge in [-0.05, 0) is 42.5 Å². The molecule has 2 aromatic carbocycles. The molecule has 3 nitrogen and oxygen atoms in total. The van der Waals surface area contributed by atoms with Crippen LogP contribution in [0.25, 0.3) is 22.0 Å². The molecule has 0 aliphatic rings. The maximum absolute atomic E-state index is 4.69. The van der Waals surface area contributed by atoms with Crippen molar-refractivity contribution in [3.63, 3.8) is 0 Å². The van der Waals surface area contributed by atoms with Gasteiger partial charge in [0.2, 0.25) is 0 Å². The van der Waals surface area contributed by atoms with E-state index in [1.807, 2.05) is 24.4 Å². The number of aromatic nitrogens is 2. The number of thiazole rings is 1. The average molecular weight is 331 g/mol. The van der Waals surface area contributed by atoms with Gasteiger partial charge in [0, 0.05) is 22.5 Å². The lowest BCUT2D eigenvalue weighted by molar-refractivity contribution is 1.30. The number of hydrogen-bond acceptors (Lipinski definition) is 4. The predicted octanol–water partition coefficient (Wildman–Crippen LogP) is 5.72. The van der Waals surface area contributed by atoms with Gasteiger partial charge in [-0.1, -0.05) is 36.4 Å². The third-order valence-electron chi connectivity index (χ3n) is 4.17. The molecule has 0 amide bonds. The Morgan fingerprint density at radius 2 is 1.75 bits per heavy atom. The Hall–Kier alpha value is -2.72. The van der Waals surface area contributed by atoms with E-state index in [9.17, 15) is 0 Å². The zero-order chi connectivity index (χ0) is 16.5. The second-order valence-electron chi connectivity index (χ2n) is 5.88. The molecule has 2 aromatic heterocycles. The minimum atomic E-state index is 0.815. The molecule has 4 rings (SSSR count). The Morgan fingerprint density at radius 1 is 0.917 bits per heavy atom. The molecule has 24 heavy (non-hydrogen) atoms. The van der Waals surface area contributed by atoms with Crippen LogP contribution in [0.5, 0.6) is 0 Å². The van der Waals surface area contributed by atoms with Crippen molar-refractivity contribution in [2.45, 2.75) is 13.8 Å². The van der Waals surface area contributed by atoms with E-state index in [1.54, 1.807) is 11.3 Å². The minimum Gasteiger partial charge on any atom is -0.316 e. The Labute approximate surface area is 145 Å². The first kappa shape index (κ1) is 14.8. The number of benzene rings is 2.